The molecule has 0 atom stereocenters. The molecule has 2 aromatic carbocycles. The Morgan fingerprint density at radius 3 is 2.31 bits per heavy atom. The Bertz CT molecular complexity index is 737. The normalized spacial score (nSPS) is 10.3. The van der Waals surface area contributed by atoms with Crippen LogP contribution in [0.3, 0.4) is 0 Å². The summed E-state index contributed by atoms with van der Waals surface area (Å²) in [6, 6.07) is 14.6. The number of rotatable bonds is 8. The molecule has 0 saturated carbocycles. The van der Waals surface area contributed by atoms with Crippen molar-refractivity contribution in [3.63, 3.8) is 0 Å². The SMILES string of the molecule is CCc1cccc(OCC(=O)Nc2ccc(C(=O)N(CC)CC)cc2)c1. The number of aryl methyl sites for hydroxylation is 1. The van der Waals surface area contributed by atoms with Gasteiger partial charge in [-0.1, -0.05) is 19.1 Å². The lowest BCUT2D eigenvalue weighted by molar-refractivity contribution is -0.118. The van der Waals surface area contributed by atoms with Crippen molar-refractivity contribution in [1.29, 1.82) is 0 Å². The molecule has 0 aromatic heterocycles. The van der Waals surface area contributed by atoms with Gasteiger partial charge >= 0.3 is 0 Å². The molecule has 0 fully saturated rings. The number of nitrogens with zero attached hydrogens (tertiary/aromatic N) is 1. The van der Waals surface area contributed by atoms with Crippen LogP contribution in [-0.2, 0) is 11.2 Å². The summed E-state index contributed by atoms with van der Waals surface area (Å²) in [4.78, 5) is 26.1. The first kappa shape index (κ1) is 19.5. The lowest BCUT2D eigenvalue weighted by Gasteiger charge is -2.18. The monoisotopic (exact) mass is 354 g/mol. The molecule has 0 aliphatic carbocycles. The third-order valence-electron chi connectivity index (χ3n) is 4.14. The number of carbonyl (C=O) groups excluding carboxylic acids is 2. The first-order chi connectivity index (χ1) is 12.6. The number of anilines is 1. The molecule has 2 rings (SSSR count). The average Bonchev–Trinajstić information content (AvgIpc) is 2.68. The van der Waals surface area contributed by atoms with Crippen LogP contribution in [0.5, 0.6) is 5.75 Å². The smallest absolute Gasteiger partial charge is 0.262 e. The summed E-state index contributed by atoms with van der Waals surface area (Å²) < 4.78 is 5.53. The molecule has 138 valence electrons. The highest BCUT2D eigenvalue weighted by molar-refractivity contribution is 5.96. The second-order valence-electron chi connectivity index (χ2n) is 5.89. The zero-order chi connectivity index (χ0) is 18.9. The van der Waals surface area contributed by atoms with Crippen LogP contribution in [0.2, 0.25) is 0 Å². The van der Waals surface area contributed by atoms with Crippen LogP contribution < -0.4 is 10.1 Å². The zero-order valence-electron chi connectivity index (χ0n) is 15.6. The molecule has 0 heterocycles. The Morgan fingerprint density at radius 1 is 1.00 bits per heavy atom. The average molecular weight is 354 g/mol. The molecular formula is C21H26N2O3. The van der Waals surface area contributed by atoms with Crippen LogP contribution >= 0.6 is 0 Å². The lowest BCUT2D eigenvalue weighted by atomic mass is 10.1. The van der Waals surface area contributed by atoms with Crippen molar-refractivity contribution in [3.8, 4) is 5.75 Å². The van der Waals surface area contributed by atoms with Gasteiger partial charge in [0.25, 0.3) is 11.8 Å². The Balaban J connectivity index is 1.89. The summed E-state index contributed by atoms with van der Waals surface area (Å²) >= 11 is 0. The van der Waals surface area contributed by atoms with E-state index < -0.39 is 0 Å². The van der Waals surface area contributed by atoms with Crippen molar-refractivity contribution >= 4 is 17.5 Å². The first-order valence-corrected chi connectivity index (χ1v) is 8.98. The first-order valence-electron chi connectivity index (χ1n) is 8.98. The van der Waals surface area contributed by atoms with Crippen molar-refractivity contribution in [2.75, 3.05) is 25.0 Å². The van der Waals surface area contributed by atoms with Crippen LogP contribution in [-0.4, -0.2) is 36.4 Å². The van der Waals surface area contributed by atoms with Gasteiger partial charge in [0, 0.05) is 24.3 Å². The van der Waals surface area contributed by atoms with Gasteiger partial charge in [-0.2, -0.15) is 0 Å². The Labute approximate surface area is 155 Å². The van der Waals surface area contributed by atoms with Crippen LogP contribution in [0, 0.1) is 0 Å². The van der Waals surface area contributed by atoms with E-state index in [0.717, 1.165) is 12.0 Å². The number of amides is 2. The minimum Gasteiger partial charge on any atom is -0.484 e. The van der Waals surface area contributed by atoms with Gasteiger partial charge in [0.05, 0.1) is 0 Å². The molecule has 5 heteroatoms. The number of benzene rings is 2. The van der Waals surface area contributed by atoms with Gasteiger partial charge in [0.2, 0.25) is 0 Å². The van der Waals surface area contributed by atoms with Gasteiger partial charge in [0.1, 0.15) is 5.75 Å². The third kappa shape index (κ3) is 5.34. The topological polar surface area (TPSA) is 58.6 Å². The fraction of sp³-hybridized carbons (Fsp3) is 0.333. The van der Waals surface area contributed by atoms with Crippen molar-refractivity contribution in [2.24, 2.45) is 0 Å². The molecule has 1 N–H and O–H groups in total. The standard InChI is InChI=1S/C21H26N2O3/c1-4-16-8-7-9-19(14-16)26-15-20(24)22-18-12-10-17(11-13-18)21(25)23(5-2)6-3/h7-14H,4-6,15H2,1-3H3,(H,22,24). The minimum atomic E-state index is -0.241. The van der Waals surface area contributed by atoms with E-state index in [2.05, 4.69) is 12.2 Å². The van der Waals surface area contributed by atoms with E-state index >= 15 is 0 Å². The lowest BCUT2D eigenvalue weighted by Crippen LogP contribution is -2.30. The predicted molar refractivity (Wildman–Crippen MR) is 104 cm³/mol. The van der Waals surface area contributed by atoms with Gasteiger partial charge < -0.3 is 15.0 Å². The van der Waals surface area contributed by atoms with Crippen LogP contribution in [0.4, 0.5) is 5.69 Å². The fourth-order valence-electron chi connectivity index (χ4n) is 2.59. The van der Waals surface area contributed by atoms with E-state index in [0.29, 0.717) is 30.1 Å². The van der Waals surface area contributed by atoms with Crippen molar-refractivity contribution in [1.82, 2.24) is 4.90 Å². The van der Waals surface area contributed by atoms with Gasteiger partial charge in [0.15, 0.2) is 6.61 Å². The molecule has 0 unspecified atom stereocenters. The van der Waals surface area contributed by atoms with Gasteiger partial charge in [-0.25, -0.2) is 0 Å². The van der Waals surface area contributed by atoms with Gasteiger partial charge in [-0.05, 0) is 62.2 Å². The summed E-state index contributed by atoms with van der Waals surface area (Å²) in [5.74, 6) is 0.432. The Morgan fingerprint density at radius 2 is 1.69 bits per heavy atom. The number of carbonyl (C=O) groups is 2. The number of ether oxygens (including phenoxy) is 1. The molecule has 2 aromatic rings. The zero-order valence-corrected chi connectivity index (χ0v) is 15.6. The molecule has 0 spiro atoms. The highest BCUT2D eigenvalue weighted by Crippen LogP contribution is 2.15. The number of nitrogens with one attached hydrogen (secondary N) is 1. The van der Waals surface area contributed by atoms with Gasteiger partial charge in [-0.3, -0.25) is 9.59 Å². The summed E-state index contributed by atoms with van der Waals surface area (Å²) in [6.45, 7) is 7.25. The maximum Gasteiger partial charge on any atom is 0.262 e. The van der Waals surface area contributed by atoms with Gasteiger partial charge in [-0.15, -0.1) is 0 Å². The van der Waals surface area contributed by atoms with E-state index in [1.165, 1.54) is 0 Å². The van der Waals surface area contributed by atoms with E-state index in [4.69, 9.17) is 4.74 Å². The Hall–Kier alpha value is -2.82. The van der Waals surface area contributed by atoms with E-state index in [1.807, 2.05) is 38.1 Å². The van der Waals surface area contributed by atoms with Crippen LogP contribution in [0.15, 0.2) is 48.5 Å². The van der Waals surface area contributed by atoms with Crippen molar-refractivity contribution in [2.45, 2.75) is 27.2 Å². The van der Waals surface area contributed by atoms with Crippen LogP contribution in [0.25, 0.3) is 0 Å². The highest BCUT2D eigenvalue weighted by atomic mass is 16.5. The largest absolute Gasteiger partial charge is 0.484 e. The minimum absolute atomic E-state index is 0.00739. The highest BCUT2D eigenvalue weighted by Gasteiger charge is 2.12. The molecule has 0 bridgehead atoms. The third-order valence-corrected chi connectivity index (χ3v) is 4.14. The predicted octanol–water partition coefficient (Wildman–Crippen LogP) is 3.75. The summed E-state index contributed by atoms with van der Waals surface area (Å²) in [5, 5.41) is 2.78. The van der Waals surface area contributed by atoms with Crippen LogP contribution in [0.1, 0.15) is 36.7 Å². The van der Waals surface area contributed by atoms with E-state index in [1.54, 1.807) is 29.2 Å². The molecule has 0 saturated heterocycles. The molecule has 0 aliphatic rings. The summed E-state index contributed by atoms with van der Waals surface area (Å²) in [6.07, 6.45) is 0.919. The molecule has 26 heavy (non-hydrogen) atoms. The van der Waals surface area contributed by atoms with E-state index in [9.17, 15) is 9.59 Å². The second kappa shape index (κ2) is 9.61. The number of hydrogen-bond acceptors (Lipinski definition) is 3. The van der Waals surface area contributed by atoms with Crippen molar-refractivity contribution in [3.05, 3.63) is 59.7 Å². The summed E-state index contributed by atoms with van der Waals surface area (Å²) in [5.41, 5.74) is 2.41. The maximum atomic E-state index is 12.3. The summed E-state index contributed by atoms with van der Waals surface area (Å²) in [7, 11) is 0. The molecule has 2 amide bonds. The fourth-order valence-corrected chi connectivity index (χ4v) is 2.59. The molecule has 0 aliphatic heterocycles. The molecule has 0 radical (unpaired) electrons. The van der Waals surface area contributed by atoms with Crippen molar-refractivity contribution < 1.29 is 14.3 Å². The number of hydrogen-bond donors (Lipinski definition) is 1. The maximum absolute atomic E-state index is 12.3. The second-order valence-corrected chi connectivity index (χ2v) is 5.89. The molecule has 5 nitrogen and oxygen atoms in total. The van der Waals surface area contributed by atoms with E-state index in [-0.39, 0.29) is 18.4 Å². The Kier molecular flexibility index (Phi) is 7.21. The quantitative estimate of drug-likeness (QED) is 0.785. The molecular weight excluding hydrogens is 328 g/mol.